The third-order valence-electron chi connectivity index (χ3n) is 6.36. The van der Waals surface area contributed by atoms with Gasteiger partial charge >= 0.3 is 0 Å². The Hall–Kier alpha value is -3.26. The van der Waals surface area contributed by atoms with Gasteiger partial charge in [0.25, 0.3) is 0 Å². The summed E-state index contributed by atoms with van der Waals surface area (Å²) in [5.74, 6) is -0.213. The number of carbonyl (C=O) groups excluding carboxylic acids is 2. The Labute approximate surface area is 223 Å². The molecule has 6 nitrogen and oxygen atoms in total. The molecular formula is C30H35N3O3S. The van der Waals surface area contributed by atoms with Crippen LogP contribution in [0.5, 0.6) is 0 Å². The molecule has 194 valence electrons. The number of hydrogen-bond donors (Lipinski definition) is 0. The molecule has 0 aliphatic carbocycles. The van der Waals surface area contributed by atoms with Crippen LogP contribution in [-0.2, 0) is 27.4 Å². The Balaban J connectivity index is 1.49. The van der Waals surface area contributed by atoms with Gasteiger partial charge in [-0.25, -0.2) is 0 Å². The number of aryl methyl sites for hydroxylation is 1. The molecular weight excluding hydrogens is 482 g/mol. The second-order valence-corrected chi connectivity index (χ2v) is 10.6. The number of hydrogen-bond acceptors (Lipinski definition) is 5. The van der Waals surface area contributed by atoms with E-state index in [4.69, 9.17) is 4.74 Å². The van der Waals surface area contributed by atoms with Crippen LogP contribution in [0.25, 0.3) is 6.08 Å². The molecule has 2 aromatic carbocycles. The third-order valence-corrected chi connectivity index (χ3v) is 7.34. The number of carbonyl (C=O) groups is 2. The third kappa shape index (κ3) is 8.67. The maximum atomic E-state index is 13.7. The monoisotopic (exact) mass is 517 g/mol. The number of nitrogens with zero attached hydrogens (tertiary/aromatic N) is 3. The van der Waals surface area contributed by atoms with E-state index in [-0.39, 0.29) is 18.4 Å². The Kier molecular flexibility index (Phi) is 10.1. The molecule has 2 heterocycles. The van der Waals surface area contributed by atoms with Gasteiger partial charge in [-0.15, -0.1) is 11.3 Å². The van der Waals surface area contributed by atoms with Crippen LogP contribution in [0.2, 0.25) is 0 Å². The molecule has 7 heteroatoms. The number of rotatable bonds is 11. The van der Waals surface area contributed by atoms with E-state index >= 15 is 0 Å². The van der Waals surface area contributed by atoms with Crippen LogP contribution >= 0.6 is 11.3 Å². The van der Waals surface area contributed by atoms with Gasteiger partial charge in [0, 0.05) is 48.6 Å². The summed E-state index contributed by atoms with van der Waals surface area (Å²) in [6.07, 6.45) is 3.39. The number of ether oxygens (including phenoxy) is 1. The van der Waals surface area contributed by atoms with Crippen LogP contribution in [0.4, 0.5) is 0 Å². The quantitative estimate of drug-likeness (QED) is 0.353. The van der Waals surface area contributed by atoms with E-state index in [9.17, 15) is 9.59 Å². The predicted molar refractivity (Wildman–Crippen MR) is 149 cm³/mol. The van der Waals surface area contributed by atoms with Gasteiger partial charge < -0.3 is 14.5 Å². The Morgan fingerprint density at radius 3 is 2.30 bits per heavy atom. The average molecular weight is 518 g/mol. The van der Waals surface area contributed by atoms with Crippen LogP contribution in [0.1, 0.15) is 20.9 Å². The van der Waals surface area contributed by atoms with Crippen LogP contribution in [0, 0.1) is 6.92 Å². The first-order chi connectivity index (χ1) is 18.1. The fraction of sp³-hybridized carbons (Fsp3) is 0.333. The molecule has 0 unspecified atom stereocenters. The lowest BCUT2D eigenvalue weighted by molar-refractivity contribution is -0.139. The Morgan fingerprint density at radius 1 is 0.919 bits per heavy atom. The Bertz CT molecular complexity index is 1160. The smallest absolute Gasteiger partial charge is 0.247 e. The highest BCUT2D eigenvalue weighted by Crippen LogP contribution is 2.19. The van der Waals surface area contributed by atoms with E-state index in [0.29, 0.717) is 39.4 Å². The van der Waals surface area contributed by atoms with Crippen LogP contribution < -0.4 is 0 Å². The molecule has 0 bridgehead atoms. The molecule has 1 aromatic heterocycles. The number of benzene rings is 2. The molecule has 0 atom stereocenters. The molecule has 0 spiro atoms. The Morgan fingerprint density at radius 2 is 1.62 bits per heavy atom. The van der Waals surface area contributed by atoms with E-state index in [1.165, 1.54) is 4.88 Å². The van der Waals surface area contributed by atoms with Crippen molar-refractivity contribution < 1.29 is 14.3 Å². The largest absolute Gasteiger partial charge is 0.379 e. The minimum Gasteiger partial charge on any atom is -0.379 e. The van der Waals surface area contributed by atoms with Gasteiger partial charge in [0.15, 0.2) is 0 Å². The maximum absolute atomic E-state index is 13.7. The zero-order valence-corrected chi connectivity index (χ0v) is 22.2. The van der Waals surface area contributed by atoms with Crippen LogP contribution in [0.3, 0.4) is 0 Å². The lowest BCUT2D eigenvalue weighted by atomic mass is 10.2. The second-order valence-electron chi connectivity index (χ2n) is 9.21. The normalized spacial score (nSPS) is 14.1. The summed E-state index contributed by atoms with van der Waals surface area (Å²) in [7, 11) is 0. The van der Waals surface area contributed by atoms with Crippen molar-refractivity contribution in [3.63, 3.8) is 0 Å². The standard InChI is InChI=1S/C30H35N3O3S/c1-25-12-14-28(37-25)23-33(22-27-10-6-3-7-11-27)30(35)24-32(17-16-31-18-20-36-21-19-31)29(34)15-13-26-8-4-2-5-9-26/h2-15H,16-24H2,1H3. The van der Waals surface area contributed by atoms with Crippen molar-refractivity contribution in [1.82, 2.24) is 14.7 Å². The van der Waals surface area contributed by atoms with Gasteiger partial charge in [0.05, 0.1) is 19.8 Å². The maximum Gasteiger partial charge on any atom is 0.247 e. The second kappa shape index (κ2) is 13.9. The van der Waals surface area contributed by atoms with Crippen molar-refractivity contribution in [3.8, 4) is 0 Å². The van der Waals surface area contributed by atoms with Crippen LogP contribution in [0.15, 0.2) is 78.9 Å². The van der Waals surface area contributed by atoms with E-state index < -0.39 is 0 Å². The summed E-state index contributed by atoms with van der Waals surface area (Å²) >= 11 is 1.70. The van der Waals surface area contributed by atoms with E-state index in [0.717, 1.165) is 29.1 Å². The van der Waals surface area contributed by atoms with Gasteiger partial charge in [-0.2, -0.15) is 0 Å². The highest BCUT2D eigenvalue weighted by molar-refractivity contribution is 7.11. The van der Waals surface area contributed by atoms with Gasteiger partial charge in [-0.3, -0.25) is 14.5 Å². The van der Waals surface area contributed by atoms with Crippen LogP contribution in [-0.4, -0.2) is 72.5 Å². The summed E-state index contributed by atoms with van der Waals surface area (Å²) in [6, 6.07) is 23.9. The minimum absolute atomic E-state index is 0.0412. The average Bonchev–Trinajstić information content (AvgIpc) is 3.35. The molecule has 4 rings (SSSR count). The number of morpholine rings is 1. The highest BCUT2D eigenvalue weighted by atomic mass is 32.1. The molecule has 1 aliphatic heterocycles. The first-order valence-electron chi connectivity index (χ1n) is 12.8. The SMILES string of the molecule is Cc1ccc(CN(Cc2ccccc2)C(=O)CN(CCN2CCOCC2)C(=O)C=Cc2ccccc2)s1. The molecule has 0 saturated carbocycles. The van der Waals surface area contributed by atoms with Gasteiger partial charge in [-0.05, 0) is 36.3 Å². The van der Waals surface area contributed by atoms with Gasteiger partial charge in [-0.1, -0.05) is 60.7 Å². The van der Waals surface area contributed by atoms with Crippen molar-refractivity contribution in [1.29, 1.82) is 0 Å². The highest BCUT2D eigenvalue weighted by Gasteiger charge is 2.22. The summed E-state index contributed by atoms with van der Waals surface area (Å²) in [5, 5.41) is 0. The molecule has 1 fully saturated rings. The van der Waals surface area contributed by atoms with Crippen molar-refractivity contribution >= 4 is 29.2 Å². The van der Waals surface area contributed by atoms with E-state index in [1.54, 1.807) is 22.3 Å². The number of amides is 2. The molecule has 3 aromatic rings. The zero-order valence-electron chi connectivity index (χ0n) is 21.4. The molecule has 0 N–H and O–H groups in total. The molecule has 0 radical (unpaired) electrons. The molecule has 1 aliphatic rings. The lowest BCUT2D eigenvalue weighted by Crippen LogP contribution is -2.46. The van der Waals surface area contributed by atoms with E-state index in [2.05, 4.69) is 24.0 Å². The fourth-order valence-corrected chi connectivity index (χ4v) is 5.15. The molecule has 37 heavy (non-hydrogen) atoms. The first-order valence-corrected chi connectivity index (χ1v) is 13.6. The first kappa shape index (κ1) is 26.8. The molecule has 2 amide bonds. The van der Waals surface area contributed by atoms with E-state index in [1.807, 2.05) is 71.6 Å². The van der Waals surface area contributed by atoms with Crippen molar-refractivity contribution in [2.45, 2.75) is 20.0 Å². The predicted octanol–water partition coefficient (Wildman–Crippen LogP) is 4.46. The van der Waals surface area contributed by atoms with Crippen molar-refractivity contribution in [3.05, 3.63) is 99.8 Å². The van der Waals surface area contributed by atoms with Crippen molar-refractivity contribution in [2.75, 3.05) is 45.9 Å². The topological polar surface area (TPSA) is 53.1 Å². The zero-order chi connectivity index (χ0) is 25.9. The summed E-state index contributed by atoms with van der Waals surface area (Å²) in [5.41, 5.74) is 2.02. The minimum atomic E-state index is -0.155. The summed E-state index contributed by atoms with van der Waals surface area (Å²) in [4.78, 5) is 35.1. The summed E-state index contributed by atoms with van der Waals surface area (Å²) in [6.45, 7) is 7.42. The summed E-state index contributed by atoms with van der Waals surface area (Å²) < 4.78 is 5.46. The molecule has 1 saturated heterocycles. The fourth-order valence-electron chi connectivity index (χ4n) is 4.25. The van der Waals surface area contributed by atoms with Gasteiger partial charge in [0.1, 0.15) is 6.54 Å². The van der Waals surface area contributed by atoms with Gasteiger partial charge in [0.2, 0.25) is 11.8 Å². The lowest BCUT2D eigenvalue weighted by Gasteiger charge is -2.31. The van der Waals surface area contributed by atoms with Crippen molar-refractivity contribution in [2.24, 2.45) is 0 Å². The number of thiophene rings is 1.